The Kier molecular flexibility index (Phi) is 3.49. The summed E-state index contributed by atoms with van der Waals surface area (Å²) in [7, 11) is 0. The topological polar surface area (TPSA) is 63.4 Å². The maximum Gasteiger partial charge on any atom is 0.240 e. The average molecular weight is 252 g/mol. The van der Waals surface area contributed by atoms with Crippen LogP contribution in [-0.4, -0.2) is 35.7 Å². The smallest absolute Gasteiger partial charge is 0.240 e. The number of aldehydes is 1. The third kappa shape index (κ3) is 2.18. The van der Waals surface area contributed by atoms with Gasteiger partial charge in [-0.05, 0) is 30.1 Å². The van der Waals surface area contributed by atoms with E-state index in [0.717, 1.165) is 25.7 Å². The molecule has 3 unspecified atom stereocenters. The van der Waals surface area contributed by atoms with Gasteiger partial charge >= 0.3 is 0 Å². The average Bonchev–Trinajstić information content (AvgIpc) is 2.84. The van der Waals surface area contributed by atoms with Crippen LogP contribution in [0.15, 0.2) is 0 Å². The van der Waals surface area contributed by atoms with Crippen molar-refractivity contribution in [3.05, 3.63) is 0 Å². The molecule has 4 heteroatoms. The molecule has 0 aromatic heterocycles. The number of rotatable bonds is 2. The van der Waals surface area contributed by atoms with Crippen molar-refractivity contribution in [2.75, 3.05) is 6.54 Å². The van der Waals surface area contributed by atoms with Crippen LogP contribution in [0, 0.1) is 17.3 Å². The summed E-state index contributed by atoms with van der Waals surface area (Å²) in [6.45, 7) is 6.60. The summed E-state index contributed by atoms with van der Waals surface area (Å²) in [6.07, 6.45) is 4.35. The summed E-state index contributed by atoms with van der Waals surface area (Å²) >= 11 is 0. The van der Waals surface area contributed by atoms with Gasteiger partial charge in [0.1, 0.15) is 6.29 Å². The highest BCUT2D eigenvalue weighted by Gasteiger charge is 2.47. The number of hydrogen-bond acceptors (Lipinski definition) is 3. The fourth-order valence-corrected chi connectivity index (χ4v) is 3.31. The number of carbonyl (C=O) groups is 2. The molecule has 1 saturated carbocycles. The molecule has 2 fully saturated rings. The highest BCUT2D eigenvalue weighted by atomic mass is 16.2. The minimum atomic E-state index is -0.529. The molecular formula is C14H24N2O2. The Morgan fingerprint density at radius 1 is 1.39 bits per heavy atom. The third-order valence-corrected chi connectivity index (χ3v) is 4.57. The highest BCUT2D eigenvalue weighted by Crippen LogP contribution is 2.42. The third-order valence-electron chi connectivity index (χ3n) is 4.57. The molecule has 0 radical (unpaired) electrons. The number of fused-ring (bicyclic) bond motifs is 1. The number of carbonyl (C=O) groups excluding carboxylic acids is 2. The van der Waals surface area contributed by atoms with Gasteiger partial charge in [0.05, 0.1) is 12.1 Å². The van der Waals surface area contributed by atoms with Crippen molar-refractivity contribution in [3.8, 4) is 0 Å². The zero-order valence-electron chi connectivity index (χ0n) is 11.6. The van der Waals surface area contributed by atoms with E-state index < -0.39 is 6.04 Å². The van der Waals surface area contributed by atoms with Gasteiger partial charge in [-0.15, -0.1) is 0 Å². The molecule has 0 spiro atoms. The van der Waals surface area contributed by atoms with E-state index in [4.69, 9.17) is 5.73 Å². The van der Waals surface area contributed by atoms with Crippen LogP contribution in [0.2, 0.25) is 0 Å². The van der Waals surface area contributed by atoms with E-state index in [0.29, 0.717) is 11.8 Å². The largest absolute Gasteiger partial charge is 0.331 e. The van der Waals surface area contributed by atoms with Gasteiger partial charge in [-0.25, -0.2) is 0 Å². The molecule has 102 valence electrons. The molecule has 0 aromatic carbocycles. The lowest BCUT2D eigenvalue weighted by Crippen LogP contribution is -2.52. The van der Waals surface area contributed by atoms with Gasteiger partial charge in [0.2, 0.25) is 5.91 Å². The van der Waals surface area contributed by atoms with E-state index in [9.17, 15) is 9.59 Å². The van der Waals surface area contributed by atoms with Gasteiger partial charge in [-0.2, -0.15) is 0 Å². The Morgan fingerprint density at radius 2 is 2.06 bits per heavy atom. The summed E-state index contributed by atoms with van der Waals surface area (Å²) in [6, 6.07) is -0.767. The van der Waals surface area contributed by atoms with Crippen molar-refractivity contribution in [1.82, 2.24) is 4.90 Å². The van der Waals surface area contributed by atoms with E-state index in [1.165, 1.54) is 6.42 Å². The van der Waals surface area contributed by atoms with Gasteiger partial charge in [-0.1, -0.05) is 27.2 Å². The van der Waals surface area contributed by atoms with Gasteiger partial charge in [0.15, 0.2) is 0 Å². The lowest BCUT2D eigenvalue weighted by Gasteiger charge is -2.32. The second-order valence-corrected chi connectivity index (χ2v) is 6.82. The molecule has 1 aliphatic heterocycles. The Morgan fingerprint density at radius 3 is 2.61 bits per heavy atom. The Balaban J connectivity index is 2.14. The van der Waals surface area contributed by atoms with Crippen molar-refractivity contribution in [2.24, 2.45) is 23.0 Å². The molecule has 2 N–H and O–H groups in total. The highest BCUT2D eigenvalue weighted by molar-refractivity contribution is 5.85. The van der Waals surface area contributed by atoms with Crippen molar-refractivity contribution >= 4 is 12.2 Å². The summed E-state index contributed by atoms with van der Waals surface area (Å²) in [4.78, 5) is 25.5. The first-order chi connectivity index (χ1) is 8.36. The van der Waals surface area contributed by atoms with Crippen LogP contribution in [-0.2, 0) is 9.59 Å². The fourth-order valence-electron chi connectivity index (χ4n) is 3.31. The van der Waals surface area contributed by atoms with Crippen molar-refractivity contribution in [2.45, 2.75) is 52.1 Å². The minimum absolute atomic E-state index is 0.0611. The molecule has 0 bridgehead atoms. The molecule has 0 aromatic rings. The molecule has 4 atom stereocenters. The van der Waals surface area contributed by atoms with Crippen LogP contribution < -0.4 is 5.73 Å². The molecule has 1 saturated heterocycles. The van der Waals surface area contributed by atoms with Gasteiger partial charge in [0.25, 0.3) is 0 Å². The first-order valence-corrected chi connectivity index (χ1v) is 6.87. The van der Waals surface area contributed by atoms with Crippen molar-refractivity contribution < 1.29 is 9.59 Å². The molecule has 1 amide bonds. The second-order valence-electron chi connectivity index (χ2n) is 6.82. The molecular weight excluding hydrogens is 228 g/mol. The van der Waals surface area contributed by atoms with E-state index in [2.05, 4.69) is 0 Å². The van der Waals surface area contributed by atoms with Crippen LogP contribution in [0.4, 0.5) is 0 Å². The van der Waals surface area contributed by atoms with Crippen molar-refractivity contribution in [1.29, 1.82) is 0 Å². The van der Waals surface area contributed by atoms with Crippen LogP contribution in [0.1, 0.15) is 40.0 Å². The zero-order chi connectivity index (χ0) is 13.5. The van der Waals surface area contributed by atoms with Gasteiger partial charge in [-0.3, -0.25) is 4.79 Å². The number of nitrogens with two attached hydrogens (primary N) is 1. The molecule has 1 heterocycles. The SMILES string of the molecule is CC(C)(C)C(N)C(=O)N1CC2CCCC2[C@H]1C=O. The minimum Gasteiger partial charge on any atom is -0.331 e. The maximum atomic E-state index is 12.4. The van der Waals surface area contributed by atoms with Gasteiger partial charge in [0, 0.05) is 6.54 Å². The molecule has 4 nitrogen and oxygen atoms in total. The summed E-state index contributed by atoms with van der Waals surface area (Å²) in [5, 5.41) is 0. The number of nitrogens with zero attached hydrogens (tertiary/aromatic N) is 1. The number of amides is 1. The fraction of sp³-hybridized carbons (Fsp3) is 0.857. The summed E-state index contributed by atoms with van der Waals surface area (Å²) in [5.74, 6) is 0.823. The van der Waals surface area contributed by atoms with E-state index in [1.807, 2.05) is 20.8 Å². The Labute approximate surface area is 109 Å². The van der Waals surface area contributed by atoms with E-state index >= 15 is 0 Å². The molecule has 2 aliphatic rings. The predicted octanol–water partition coefficient (Wildman–Crippen LogP) is 1.19. The molecule has 1 aliphatic carbocycles. The quantitative estimate of drug-likeness (QED) is 0.751. The van der Waals surface area contributed by atoms with Crippen molar-refractivity contribution in [3.63, 3.8) is 0 Å². The number of likely N-dealkylation sites (tertiary alicyclic amines) is 1. The van der Waals surface area contributed by atoms with E-state index in [1.54, 1.807) is 4.90 Å². The lowest BCUT2D eigenvalue weighted by molar-refractivity contribution is -0.138. The second kappa shape index (κ2) is 4.65. The lowest BCUT2D eigenvalue weighted by atomic mass is 9.86. The monoisotopic (exact) mass is 252 g/mol. The maximum absolute atomic E-state index is 12.4. The first kappa shape index (κ1) is 13.5. The Bertz CT molecular complexity index is 348. The summed E-state index contributed by atoms with van der Waals surface area (Å²) in [5.41, 5.74) is 5.77. The molecule has 18 heavy (non-hydrogen) atoms. The van der Waals surface area contributed by atoms with Crippen LogP contribution >= 0.6 is 0 Å². The predicted molar refractivity (Wildman–Crippen MR) is 69.8 cm³/mol. The van der Waals surface area contributed by atoms with Crippen LogP contribution in [0.5, 0.6) is 0 Å². The van der Waals surface area contributed by atoms with E-state index in [-0.39, 0.29) is 17.4 Å². The Hall–Kier alpha value is -0.900. The van der Waals surface area contributed by atoms with Crippen LogP contribution in [0.3, 0.4) is 0 Å². The number of hydrogen-bond donors (Lipinski definition) is 1. The molecule has 2 rings (SSSR count). The van der Waals surface area contributed by atoms with Gasteiger partial charge < -0.3 is 15.4 Å². The standard InChI is InChI=1S/C14H24N2O2/c1-14(2,3)12(15)13(18)16-7-9-5-4-6-10(9)11(16)8-17/h8-12H,4-7,15H2,1-3H3/t9?,10?,11-,12?/m1/s1. The summed E-state index contributed by atoms with van der Waals surface area (Å²) < 4.78 is 0. The first-order valence-electron chi connectivity index (χ1n) is 6.87. The normalized spacial score (nSPS) is 33.3. The zero-order valence-corrected chi connectivity index (χ0v) is 11.6. The van der Waals surface area contributed by atoms with Crippen LogP contribution in [0.25, 0.3) is 0 Å².